The van der Waals surface area contributed by atoms with Crippen LogP contribution in [0.5, 0.6) is 0 Å². The van der Waals surface area contributed by atoms with E-state index in [1.54, 1.807) is 0 Å². The van der Waals surface area contributed by atoms with E-state index in [0.717, 1.165) is 38.6 Å². The van der Waals surface area contributed by atoms with Crippen molar-refractivity contribution < 1.29 is 0 Å². The highest BCUT2D eigenvalue weighted by Crippen LogP contribution is 1.97. The third-order valence-corrected chi connectivity index (χ3v) is 3.10. The second-order valence-corrected chi connectivity index (χ2v) is 4.88. The molecule has 22 heavy (non-hydrogen) atoms. The highest BCUT2D eigenvalue weighted by molar-refractivity contribution is 14.0. The lowest BCUT2D eigenvalue weighted by Gasteiger charge is -2.11. The molecule has 0 radical (unpaired) electrons. The van der Waals surface area contributed by atoms with Crippen molar-refractivity contribution >= 4 is 29.9 Å². The minimum atomic E-state index is 0. The zero-order valence-electron chi connectivity index (χ0n) is 13.2. The molecule has 0 bridgehead atoms. The van der Waals surface area contributed by atoms with Crippen molar-refractivity contribution in [2.24, 2.45) is 12.0 Å². The third kappa shape index (κ3) is 6.50. The zero-order chi connectivity index (χ0) is 14.9. The Morgan fingerprint density at radius 2 is 2.05 bits per heavy atom. The Morgan fingerprint density at radius 3 is 2.68 bits per heavy atom. The molecule has 0 spiro atoms. The molecule has 0 saturated heterocycles. The van der Waals surface area contributed by atoms with E-state index in [1.807, 2.05) is 36.3 Å². The summed E-state index contributed by atoms with van der Waals surface area (Å²) in [7, 11) is 1.93. The number of nitrogens with one attached hydrogen (secondary N) is 2. The Morgan fingerprint density at radius 1 is 1.27 bits per heavy atom. The molecule has 0 aromatic carbocycles. The Labute approximate surface area is 149 Å². The highest BCUT2D eigenvalue weighted by Gasteiger charge is 1.98. The van der Waals surface area contributed by atoms with Gasteiger partial charge >= 0.3 is 0 Å². The van der Waals surface area contributed by atoms with Crippen LogP contribution in [-0.4, -0.2) is 39.9 Å². The first-order chi connectivity index (χ1) is 10.3. The number of hydrogen-bond acceptors (Lipinski definition) is 2. The molecule has 0 aliphatic rings. The molecular formula is C15H25IN6. The maximum atomic E-state index is 4.58. The van der Waals surface area contributed by atoms with Crippen LogP contribution in [-0.2, 0) is 20.0 Å². The number of halogens is 1. The standard InChI is InChI=1S/C15H24N6.HI/c1-3-16-15(18-8-11-21-9-4-5-10-21)17-7-6-14-12-19-20(2)13-14;/h4-5,9-10,12-13H,3,6-8,11H2,1-2H3,(H2,16,17,18);1H. The van der Waals surface area contributed by atoms with Crippen LogP contribution < -0.4 is 10.6 Å². The number of aliphatic imine (C=N–C) groups is 1. The zero-order valence-corrected chi connectivity index (χ0v) is 15.5. The minimum Gasteiger partial charge on any atom is -0.357 e. The summed E-state index contributed by atoms with van der Waals surface area (Å²) in [6, 6.07) is 4.07. The van der Waals surface area contributed by atoms with Crippen molar-refractivity contribution in [3.05, 3.63) is 42.5 Å². The summed E-state index contributed by atoms with van der Waals surface area (Å²) >= 11 is 0. The van der Waals surface area contributed by atoms with Crippen LogP contribution in [0.15, 0.2) is 41.9 Å². The van der Waals surface area contributed by atoms with Crippen LogP contribution in [0.3, 0.4) is 0 Å². The van der Waals surface area contributed by atoms with Gasteiger partial charge < -0.3 is 15.2 Å². The average Bonchev–Trinajstić information content (AvgIpc) is 3.11. The molecule has 2 rings (SSSR count). The normalized spacial score (nSPS) is 11.1. The predicted octanol–water partition coefficient (Wildman–Crippen LogP) is 1.64. The topological polar surface area (TPSA) is 59.2 Å². The molecule has 7 heteroatoms. The molecule has 0 unspecified atom stereocenters. The van der Waals surface area contributed by atoms with Crippen LogP contribution in [0.2, 0.25) is 0 Å². The largest absolute Gasteiger partial charge is 0.357 e. The van der Waals surface area contributed by atoms with Crippen molar-refractivity contribution in [1.82, 2.24) is 25.0 Å². The van der Waals surface area contributed by atoms with Gasteiger partial charge in [0.1, 0.15) is 0 Å². The molecular weight excluding hydrogens is 391 g/mol. The summed E-state index contributed by atoms with van der Waals surface area (Å²) in [6.45, 7) is 5.48. The van der Waals surface area contributed by atoms with Gasteiger partial charge in [-0.05, 0) is 31.0 Å². The van der Waals surface area contributed by atoms with E-state index in [0.29, 0.717) is 0 Å². The Hall–Kier alpha value is -1.51. The maximum Gasteiger partial charge on any atom is 0.191 e. The van der Waals surface area contributed by atoms with Crippen molar-refractivity contribution in [2.45, 2.75) is 19.9 Å². The predicted molar refractivity (Wildman–Crippen MR) is 101 cm³/mol. The number of rotatable bonds is 7. The molecule has 0 amide bonds. The summed E-state index contributed by atoms with van der Waals surface area (Å²) in [4.78, 5) is 4.58. The fraction of sp³-hybridized carbons (Fsp3) is 0.467. The van der Waals surface area contributed by atoms with Crippen LogP contribution in [0.25, 0.3) is 0 Å². The summed E-state index contributed by atoms with van der Waals surface area (Å²) < 4.78 is 3.96. The number of aryl methyl sites for hydroxylation is 1. The Bertz CT molecular complexity index is 546. The van der Waals surface area contributed by atoms with Crippen LogP contribution >= 0.6 is 24.0 Å². The molecule has 2 N–H and O–H groups in total. The highest BCUT2D eigenvalue weighted by atomic mass is 127. The van der Waals surface area contributed by atoms with Gasteiger partial charge in [-0.2, -0.15) is 5.10 Å². The Balaban J connectivity index is 0.00000242. The lowest BCUT2D eigenvalue weighted by atomic mass is 10.3. The lowest BCUT2D eigenvalue weighted by molar-refractivity contribution is 0.665. The van der Waals surface area contributed by atoms with Gasteiger partial charge in [-0.1, -0.05) is 0 Å². The van der Waals surface area contributed by atoms with E-state index in [2.05, 4.69) is 44.6 Å². The number of hydrogen-bond donors (Lipinski definition) is 2. The van der Waals surface area contributed by atoms with Gasteiger partial charge in [-0.25, -0.2) is 0 Å². The fourth-order valence-electron chi connectivity index (χ4n) is 2.06. The molecule has 2 heterocycles. The molecule has 6 nitrogen and oxygen atoms in total. The van der Waals surface area contributed by atoms with Gasteiger partial charge in [0, 0.05) is 51.8 Å². The van der Waals surface area contributed by atoms with Crippen molar-refractivity contribution in [3.63, 3.8) is 0 Å². The summed E-state index contributed by atoms with van der Waals surface area (Å²) in [6.07, 6.45) is 8.95. The van der Waals surface area contributed by atoms with Crippen LogP contribution in [0, 0.1) is 0 Å². The van der Waals surface area contributed by atoms with E-state index in [1.165, 1.54) is 5.56 Å². The van der Waals surface area contributed by atoms with E-state index in [9.17, 15) is 0 Å². The minimum absolute atomic E-state index is 0. The first-order valence-electron chi connectivity index (χ1n) is 7.38. The van der Waals surface area contributed by atoms with E-state index < -0.39 is 0 Å². The van der Waals surface area contributed by atoms with E-state index in [4.69, 9.17) is 0 Å². The Kier molecular flexibility index (Phi) is 8.64. The number of guanidine groups is 1. The quantitative estimate of drug-likeness (QED) is 0.410. The van der Waals surface area contributed by atoms with Gasteiger partial charge in [-0.15, -0.1) is 24.0 Å². The van der Waals surface area contributed by atoms with Gasteiger partial charge in [0.05, 0.1) is 6.20 Å². The first kappa shape index (κ1) is 18.5. The van der Waals surface area contributed by atoms with Crippen LogP contribution in [0.1, 0.15) is 12.5 Å². The molecule has 0 aliphatic carbocycles. The van der Waals surface area contributed by atoms with Crippen molar-refractivity contribution in [2.75, 3.05) is 19.6 Å². The molecule has 2 aromatic heterocycles. The fourth-order valence-corrected chi connectivity index (χ4v) is 2.06. The molecule has 122 valence electrons. The van der Waals surface area contributed by atoms with Gasteiger partial charge in [0.25, 0.3) is 0 Å². The van der Waals surface area contributed by atoms with Gasteiger partial charge in [0.15, 0.2) is 5.96 Å². The number of nitrogens with zero attached hydrogens (tertiary/aromatic N) is 4. The maximum absolute atomic E-state index is 4.58. The van der Waals surface area contributed by atoms with E-state index >= 15 is 0 Å². The third-order valence-electron chi connectivity index (χ3n) is 3.10. The average molecular weight is 416 g/mol. The molecule has 0 aliphatic heterocycles. The van der Waals surface area contributed by atoms with Crippen molar-refractivity contribution in [1.29, 1.82) is 0 Å². The summed E-state index contributed by atoms with van der Waals surface area (Å²) in [5.41, 5.74) is 1.21. The number of aromatic nitrogens is 3. The van der Waals surface area contributed by atoms with Crippen molar-refractivity contribution in [3.8, 4) is 0 Å². The van der Waals surface area contributed by atoms with Crippen LogP contribution in [0.4, 0.5) is 0 Å². The summed E-state index contributed by atoms with van der Waals surface area (Å²) in [5, 5.41) is 10.8. The SMILES string of the molecule is CCNC(=NCCc1cnn(C)c1)NCCn1cccc1.I. The first-order valence-corrected chi connectivity index (χ1v) is 7.38. The van der Waals surface area contributed by atoms with E-state index in [-0.39, 0.29) is 24.0 Å². The molecule has 0 fully saturated rings. The molecule has 2 aromatic rings. The molecule has 0 saturated carbocycles. The lowest BCUT2D eigenvalue weighted by Crippen LogP contribution is -2.39. The summed E-state index contributed by atoms with van der Waals surface area (Å²) in [5.74, 6) is 0.869. The second-order valence-electron chi connectivity index (χ2n) is 4.88. The monoisotopic (exact) mass is 416 g/mol. The smallest absolute Gasteiger partial charge is 0.191 e. The molecule has 0 atom stereocenters. The second kappa shape index (κ2) is 10.3. The van der Waals surface area contributed by atoms with Gasteiger partial charge in [-0.3, -0.25) is 9.67 Å². The van der Waals surface area contributed by atoms with Gasteiger partial charge in [0.2, 0.25) is 0 Å².